The molecule has 438 valence electrons. The number of methoxy groups -OCH3 is 1. The summed E-state index contributed by atoms with van der Waals surface area (Å²) >= 11 is 0. The zero-order chi connectivity index (χ0) is 60.1. The Kier molecular flexibility index (Phi) is 20.2. The lowest BCUT2D eigenvalue weighted by Crippen LogP contribution is -2.41. The zero-order valence-electron chi connectivity index (χ0n) is 53.8. The minimum atomic E-state index is -1.69. The highest BCUT2D eigenvalue weighted by Gasteiger charge is 2.52. The molecule has 4 aromatic carbocycles. The Balaban J connectivity index is 0.000000236. The summed E-state index contributed by atoms with van der Waals surface area (Å²) in [5.41, 5.74) is 15.1. The number of pyridine rings is 1. The van der Waals surface area contributed by atoms with E-state index in [0.29, 0.717) is 0 Å². The minimum Gasteiger partial charge on any atom is -0.469 e. The average molecular weight is 1140 g/mol. The van der Waals surface area contributed by atoms with Gasteiger partial charge in [0, 0.05) is 39.9 Å². The Morgan fingerprint density at radius 3 is 1.35 bits per heavy atom. The highest BCUT2D eigenvalue weighted by Crippen LogP contribution is 2.44. The van der Waals surface area contributed by atoms with E-state index in [1.807, 2.05) is 12.3 Å². The van der Waals surface area contributed by atoms with Crippen molar-refractivity contribution in [3.63, 3.8) is 0 Å². The number of benzene rings is 4. The quantitative estimate of drug-likeness (QED) is 0.0553. The predicted molar refractivity (Wildman–Crippen MR) is 347 cm³/mol. The average Bonchev–Trinajstić information content (AvgIpc) is 2.57. The molecular weight excluding hydrogens is 1040 g/mol. The van der Waals surface area contributed by atoms with E-state index in [-0.39, 0.29) is 52.7 Å². The highest BCUT2D eigenvalue weighted by atomic mass is 28.4. The first-order valence-corrected chi connectivity index (χ1v) is 37.6. The first-order valence-electron chi connectivity index (χ1n) is 30.8. The smallest absolute Gasteiger partial charge is 0.469 e. The molecule has 0 spiro atoms. The van der Waals surface area contributed by atoms with Crippen LogP contribution in [-0.2, 0) is 44.9 Å². The van der Waals surface area contributed by atoms with Crippen LogP contribution in [0.1, 0.15) is 194 Å². The maximum Gasteiger partial charge on any atom is 0.495 e. The molecule has 10 heteroatoms. The number of esters is 1. The Labute approximate surface area is 498 Å². The number of carbonyl (C=O) groups excluding carboxylic acids is 1. The summed E-state index contributed by atoms with van der Waals surface area (Å²) in [7, 11) is -2.30. The molecule has 2 heterocycles. The summed E-state index contributed by atoms with van der Waals surface area (Å²) in [6.45, 7) is 40.0. The standard InChI is InChI=1S/C37H47NO3Si.C35H51BO3Si/c1-9-37(10-2,33-15-16-34(28(4)22-33)31-23-29(25-38-26-31)24-35(39)40-5)32-14-13-30(27(3)21-32)17-20-36(18-11-12-19-36)41-42(6,7)8;1-12-35(13-2,30-18-19-31(27(4)25-30)36-37-32(5,6)33(7,8)38-36)29-17-16-28(26(3)24-29)20-23-34(21-14-15-22-34)39-40(9,10)11/h13-16,21-23,25-26H,9-12,18-19,24H2,1-8H3;16-19,24-25H,12-15,21-22H2,1-11H3. The molecule has 1 aliphatic heterocycles. The van der Waals surface area contributed by atoms with Gasteiger partial charge in [-0.25, -0.2) is 0 Å². The van der Waals surface area contributed by atoms with E-state index in [9.17, 15) is 4.79 Å². The zero-order valence-corrected chi connectivity index (χ0v) is 55.8. The van der Waals surface area contributed by atoms with E-state index in [2.05, 4.69) is 224 Å². The van der Waals surface area contributed by atoms with Gasteiger partial charge in [0.1, 0.15) is 11.2 Å². The molecule has 3 aliphatic rings. The van der Waals surface area contributed by atoms with Gasteiger partial charge in [-0.05, 0) is 245 Å². The predicted octanol–water partition coefficient (Wildman–Crippen LogP) is 16.9. The van der Waals surface area contributed by atoms with Gasteiger partial charge < -0.3 is 22.9 Å². The molecule has 3 fully saturated rings. The fraction of sp³-hybridized carbons (Fsp3) is 0.528. The SMILES string of the molecule is CCC(CC)(c1ccc(C#CC2(O[Si](C)(C)C)CCCC2)c(C)c1)c1ccc(-c2cncc(CC(=O)OC)c2)c(C)c1.CCC(CC)(c1ccc(C#CC2(O[Si](C)(C)C)CCCC2)c(C)c1)c1ccc(B2OC(C)(C)C(C)(C)O2)c(C)c1. The molecule has 0 radical (unpaired) electrons. The Bertz CT molecular complexity index is 3180. The lowest BCUT2D eigenvalue weighted by molar-refractivity contribution is -0.139. The van der Waals surface area contributed by atoms with Gasteiger partial charge in [0.2, 0.25) is 0 Å². The van der Waals surface area contributed by atoms with Crippen molar-refractivity contribution in [2.45, 2.75) is 239 Å². The van der Waals surface area contributed by atoms with E-state index >= 15 is 0 Å². The first-order chi connectivity index (χ1) is 38.5. The molecule has 2 saturated carbocycles. The summed E-state index contributed by atoms with van der Waals surface area (Å²) in [5.74, 6) is 14.1. The normalized spacial score (nSPS) is 17.3. The van der Waals surface area contributed by atoms with Crippen LogP contribution in [0.25, 0.3) is 11.1 Å². The summed E-state index contributed by atoms with van der Waals surface area (Å²) in [5, 5.41) is 0. The summed E-state index contributed by atoms with van der Waals surface area (Å²) in [6, 6.07) is 29.5. The lowest BCUT2D eigenvalue weighted by Gasteiger charge is -2.34. The van der Waals surface area contributed by atoms with Crippen molar-refractivity contribution in [3.05, 3.63) is 152 Å². The van der Waals surface area contributed by atoms with Crippen LogP contribution < -0.4 is 5.46 Å². The molecule has 7 nitrogen and oxygen atoms in total. The topological polar surface area (TPSA) is 76.1 Å². The maximum absolute atomic E-state index is 11.8. The van der Waals surface area contributed by atoms with Crippen LogP contribution in [0.3, 0.4) is 0 Å². The molecule has 82 heavy (non-hydrogen) atoms. The summed E-state index contributed by atoms with van der Waals surface area (Å²) < 4.78 is 30.9. The molecular formula is C72H98BNO6Si2. The molecule has 0 atom stereocenters. The van der Waals surface area contributed by atoms with Crippen LogP contribution in [0, 0.1) is 51.4 Å². The molecule has 8 rings (SSSR count). The Morgan fingerprint density at radius 2 is 0.976 bits per heavy atom. The second-order valence-electron chi connectivity index (χ2n) is 27.0. The third-order valence-electron chi connectivity index (χ3n) is 18.4. The molecule has 0 amide bonds. The molecule has 0 N–H and O–H groups in total. The largest absolute Gasteiger partial charge is 0.495 e. The van der Waals surface area contributed by atoms with Gasteiger partial charge in [0.15, 0.2) is 16.6 Å². The van der Waals surface area contributed by atoms with E-state index in [1.54, 1.807) is 6.20 Å². The number of hydrogen-bond acceptors (Lipinski definition) is 7. The van der Waals surface area contributed by atoms with Crippen molar-refractivity contribution in [1.82, 2.24) is 4.98 Å². The molecule has 1 aromatic heterocycles. The van der Waals surface area contributed by atoms with Gasteiger partial charge >= 0.3 is 13.1 Å². The van der Waals surface area contributed by atoms with E-state index in [0.717, 1.165) is 84.6 Å². The second-order valence-corrected chi connectivity index (χ2v) is 35.9. The molecule has 0 unspecified atom stereocenters. The van der Waals surface area contributed by atoms with E-state index in [4.69, 9.17) is 22.9 Å². The van der Waals surface area contributed by atoms with Crippen molar-refractivity contribution < 1.29 is 27.7 Å². The molecule has 1 saturated heterocycles. The van der Waals surface area contributed by atoms with Crippen LogP contribution >= 0.6 is 0 Å². The second kappa shape index (κ2) is 25.7. The Hall–Kier alpha value is -5.04. The van der Waals surface area contributed by atoms with Crippen LogP contribution in [0.4, 0.5) is 0 Å². The maximum atomic E-state index is 11.8. The summed E-state index contributed by atoms with van der Waals surface area (Å²) in [6.07, 6.45) is 16.8. The molecule has 0 bridgehead atoms. The van der Waals surface area contributed by atoms with E-state index < -0.39 is 16.6 Å². The fourth-order valence-corrected chi connectivity index (χ4v) is 15.9. The monoisotopic (exact) mass is 1140 g/mol. The Morgan fingerprint density at radius 1 is 0.573 bits per heavy atom. The summed E-state index contributed by atoms with van der Waals surface area (Å²) in [4.78, 5) is 16.2. The molecule has 2 aliphatic carbocycles. The van der Waals surface area contributed by atoms with Crippen LogP contribution in [0.2, 0.25) is 39.3 Å². The highest BCUT2D eigenvalue weighted by molar-refractivity contribution is 6.70. The van der Waals surface area contributed by atoms with Crippen LogP contribution in [-0.4, -0.2) is 64.2 Å². The van der Waals surface area contributed by atoms with Gasteiger partial charge in [-0.3, -0.25) is 9.78 Å². The van der Waals surface area contributed by atoms with Crippen molar-refractivity contribution in [2.75, 3.05) is 7.11 Å². The molecule has 5 aromatic rings. The lowest BCUT2D eigenvalue weighted by atomic mass is 9.68. The number of carbonyl (C=O) groups is 1. The number of rotatable bonds is 16. The number of aromatic nitrogens is 1. The number of hydrogen-bond donors (Lipinski definition) is 0. The van der Waals surface area contributed by atoms with Crippen LogP contribution in [0.15, 0.2) is 91.3 Å². The van der Waals surface area contributed by atoms with Crippen molar-refractivity contribution >= 4 is 35.2 Å². The van der Waals surface area contributed by atoms with Gasteiger partial charge in [-0.15, -0.1) is 0 Å². The van der Waals surface area contributed by atoms with Crippen molar-refractivity contribution in [2.24, 2.45) is 0 Å². The van der Waals surface area contributed by atoms with Crippen molar-refractivity contribution in [3.8, 4) is 34.8 Å². The minimum absolute atomic E-state index is 0.0659. The third kappa shape index (κ3) is 14.5. The van der Waals surface area contributed by atoms with Crippen LogP contribution in [0.5, 0.6) is 0 Å². The van der Waals surface area contributed by atoms with Gasteiger partial charge in [0.25, 0.3) is 0 Å². The van der Waals surface area contributed by atoms with Gasteiger partial charge in [-0.1, -0.05) is 118 Å². The van der Waals surface area contributed by atoms with Gasteiger partial charge in [0.05, 0.1) is 24.7 Å². The number of ether oxygens (including phenoxy) is 1. The number of aryl methyl sites for hydroxylation is 4. The van der Waals surface area contributed by atoms with E-state index in [1.165, 1.54) is 77.3 Å². The van der Waals surface area contributed by atoms with Gasteiger partial charge in [-0.2, -0.15) is 0 Å². The number of nitrogens with zero attached hydrogens (tertiary/aromatic N) is 1. The first kappa shape index (κ1) is 64.5. The van der Waals surface area contributed by atoms with Crippen molar-refractivity contribution in [1.29, 1.82) is 0 Å². The third-order valence-corrected chi connectivity index (χ3v) is 20.4. The fourth-order valence-electron chi connectivity index (χ4n) is 13.1.